The van der Waals surface area contributed by atoms with Crippen LogP contribution in [-0.4, -0.2) is 42.9 Å². The second-order valence-corrected chi connectivity index (χ2v) is 4.13. The van der Waals surface area contributed by atoms with Gasteiger partial charge < -0.3 is 4.74 Å². The van der Waals surface area contributed by atoms with E-state index in [1.807, 2.05) is 18.2 Å². The third-order valence-electron chi connectivity index (χ3n) is 2.78. The van der Waals surface area contributed by atoms with E-state index >= 15 is 0 Å². The average molecular weight is 286 g/mol. The van der Waals surface area contributed by atoms with Crippen molar-refractivity contribution < 1.29 is 14.3 Å². The van der Waals surface area contributed by atoms with E-state index < -0.39 is 0 Å². The van der Waals surface area contributed by atoms with Crippen molar-refractivity contribution in [3.8, 4) is 0 Å². The Bertz CT molecular complexity index is 408. The molecule has 1 atom stereocenters. The number of likely N-dealkylation sites (N-methyl/N-ethyl adjacent to an activating group) is 1. The van der Waals surface area contributed by atoms with E-state index in [-0.39, 0.29) is 36.7 Å². The number of ketones is 1. The normalized spacial score (nSPS) is 11.6. The molecule has 5 heteroatoms. The minimum atomic E-state index is -0.350. The number of rotatable bonds is 6. The average Bonchev–Trinajstić information content (AvgIpc) is 2.38. The maximum Gasteiger partial charge on any atom is 0.320 e. The Labute approximate surface area is 120 Å². The topological polar surface area (TPSA) is 46.6 Å². The Kier molecular flexibility index (Phi) is 8.03. The molecular weight excluding hydrogens is 266 g/mol. The molecule has 0 spiro atoms. The predicted molar refractivity (Wildman–Crippen MR) is 76.7 cm³/mol. The first-order chi connectivity index (χ1) is 8.56. The number of nitrogens with zero attached hydrogens (tertiary/aromatic N) is 1. The van der Waals surface area contributed by atoms with Crippen LogP contribution < -0.4 is 0 Å². The molecule has 0 aliphatic carbocycles. The molecule has 19 heavy (non-hydrogen) atoms. The van der Waals surface area contributed by atoms with Crippen LogP contribution >= 0.6 is 12.4 Å². The highest BCUT2D eigenvalue weighted by Gasteiger charge is 2.21. The largest absolute Gasteiger partial charge is 0.465 e. The fourth-order valence-electron chi connectivity index (χ4n) is 1.59. The molecule has 1 aromatic carbocycles. The van der Waals surface area contributed by atoms with Crippen LogP contribution in [0.3, 0.4) is 0 Å². The van der Waals surface area contributed by atoms with Crippen molar-refractivity contribution in [1.29, 1.82) is 0 Å². The third-order valence-corrected chi connectivity index (χ3v) is 2.78. The number of ether oxygens (including phenoxy) is 1. The lowest BCUT2D eigenvalue weighted by Crippen LogP contribution is -2.39. The van der Waals surface area contributed by atoms with E-state index in [1.54, 1.807) is 37.9 Å². The number of carbonyl (C=O) groups excluding carboxylic acids is 2. The molecule has 0 radical (unpaired) electrons. The summed E-state index contributed by atoms with van der Waals surface area (Å²) in [6.07, 6.45) is 0. The van der Waals surface area contributed by atoms with Crippen LogP contribution in [0.4, 0.5) is 0 Å². The second-order valence-electron chi connectivity index (χ2n) is 4.13. The van der Waals surface area contributed by atoms with Gasteiger partial charge >= 0.3 is 5.97 Å². The van der Waals surface area contributed by atoms with Gasteiger partial charge in [0.05, 0.1) is 19.2 Å². The van der Waals surface area contributed by atoms with E-state index in [9.17, 15) is 9.59 Å². The predicted octanol–water partition coefficient (Wildman–Crippen LogP) is 2.17. The molecule has 0 aliphatic rings. The van der Waals surface area contributed by atoms with Crippen LogP contribution in [-0.2, 0) is 9.53 Å². The van der Waals surface area contributed by atoms with Crippen molar-refractivity contribution in [2.45, 2.75) is 19.9 Å². The molecule has 0 heterocycles. The summed E-state index contributed by atoms with van der Waals surface area (Å²) in [5.41, 5.74) is 0.653. The molecule has 0 bridgehead atoms. The van der Waals surface area contributed by atoms with Crippen molar-refractivity contribution in [3.63, 3.8) is 0 Å². The standard InChI is InChI=1S/C14H19NO3.ClH/c1-4-18-13(16)10-15(3)11(2)14(17)12-8-6-5-7-9-12;/h5-9,11H,4,10H2,1-3H3;1H. The van der Waals surface area contributed by atoms with Gasteiger partial charge in [0.1, 0.15) is 0 Å². The number of hydrogen-bond acceptors (Lipinski definition) is 4. The molecule has 1 rings (SSSR count). The fraction of sp³-hybridized carbons (Fsp3) is 0.429. The molecule has 0 saturated carbocycles. The Morgan fingerprint density at radius 3 is 2.37 bits per heavy atom. The zero-order valence-corrected chi connectivity index (χ0v) is 12.3. The van der Waals surface area contributed by atoms with E-state index in [2.05, 4.69) is 0 Å². The molecule has 1 unspecified atom stereocenters. The quantitative estimate of drug-likeness (QED) is 0.594. The first-order valence-corrected chi connectivity index (χ1v) is 6.01. The molecule has 0 aromatic heterocycles. The van der Waals surface area contributed by atoms with Gasteiger partial charge in [-0.05, 0) is 20.9 Å². The van der Waals surface area contributed by atoms with Crippen LogP contribution in [0, 0.1) is 0 Å². The summed E-state index contributed by atoms with van der Waals surface area (Å²) in [4.78, 5) is 25.2. The smallest absolute Gasteiger partial charge is 0.320 e. The number of benzene rings is 1. The maximum absolute atomic E-state index is 12.1. The highest BCUT2D eigenvalue weighted by molar-refractivity contribution is 6.00. The molecule has 1 aromatic rings. The van der Waals surface area contributed by atoms with Crippen molar-refractivity contribution in [1.82, 2.24) is 4.90 Å². The van der Waals surface area contributed by atoms with Crippen LogP contribution in [0.1, 0.15) is 24.2 Å². The van der Waals surface area contributed by atoms with Gasteiger partial charge in [-0.2, -0.15) is 0 Å². The van der Waals surface area contributed by atoms with E-state index in [4.69, 9.17) is 4.74 Å². The first-order valence-electron chi connectivity index (χ1n) is 6.01. The van der Waals surface area contributed by atoms with Crippen molar-refractivity contribution in [2.75, 3.05) is 20.2 Å². The SMILES string of the molecule is CCOC(=O)CN(C)C(C)C(=O)c1ccccc1.Cl. The zero-order valence-electron chi connectivity index (χ0n) is 11.5. The summed E-state index contributed by atoms with van der Waals surface area (Å²) in [5, 5.41) is 0. The number of halogens is 1. The fourth-order valence-corrected chi connectivity index (χ4v) is 1.59. The maximum atomic E-state index is 12.1. The van der Waals surface area contributed by atoms with Gasteiger partial charge in [-0.25, -0.2) is 0 Å². The van der Waals surface area contributed by atoms with E-state index in [0.717, 1.165) is 0 Å². The highest BCUT2D eigenvalue weighted by Crippen LogP contribution is 2.07. The number of Topliss-reactive ketones (excluding diaryl/α,β-unsaturated/α-hetero) is 1. The summed E-state index contributed by atoms with van der Waals surface area (Å²) in [6.45, 7) is 4.02. The van der Waals surface area contributed by atoms with Crippen molar-refractivity contribution in [3.05, 3.63) is 35.9 Å². The van der Waals surface area contributed by atoms with Gasteiger partial charge in [0.15, 0.2) is 5.78 Å². The summed E-state index contributed by atoms with van der Waals surface area (Å²) in [5.74, 6) is -0.310. The molecule has 106 valence electrons. The summed E-state index contributed by atoms with van der Waals surface area (Å²) >= 11 is 0. The minimum absolute atomic E-state index is 0. The molecular formula is C14H20ClNO3. The number of carbonyl (C=O) groups is 2. The number of hydrogen-bond donors (Lipinski definition) is 0. The van der Waals surface area contributed by atoms with Gasteiger partial charge in [0, 0.05) is 5.56 Å². The minimum Gasteiger partial charge on any atom is -0.465 e. The van der Waals surface area contributed by atoms with Crippen LogP contribution in [0.15, 0.2) is 30.3 Å². The monoisotopic (exact) mass is 285 g/mol. The van der Waals surface area contributed by atoms with Crippen molar-refractivity contribution in [2.24, 2.45) is 0 Å². The molecule has 0 saturated heterocycles. The lowest BCUT2D eigenvalue weighted by Gasteiger charge is -2.22. The Morgan fingerprint density at radius 1 is 1.26 bits per heavy atom. The lowest BCUT2D eigenvalue weighted by atomic mass is 10.0. The second kappa shape index (κ2) is 8.67. The summed E-state index contributed by atoms with van der Waals surface area (Å²) in [7, 11) is 1.74. The molecule has 4 nitrogen and oxygen atoms in total. The Hall–Kier alpha value is -1.39. The summed E-state index contributed by atoms with van der Waals surface area (Å²) in [6, 6.07) is 8.71. The Balaban J connectivity index is 0.00000324. The van der Waals surface area contributed by atoms with Gasteiger partial charge in [0.2, 0.25) is 0 Å². The van der Waals surface area contributed by atoms with Crippen molar-refractivity contribution >= 4 is 24.2 Å². The molecule has 0 aliphatic heterocycles. The molecule has 0 N–H and O–H groups in total. The Morgan fingerprint density at radius 2 is 1.84 bits per heavy atom. The van der Waals surface area contributed by atoms with Gasteiger partial charge in [-0.1, -0.05) is 30.3 Å². The van der Waals surface area contributed by atoms with Crippen LogP contribution in [0.25, 0.3) is 0 Å². The first kappa shape index (κ1) is 17.6. The van der Waals surface area contributed by atoms with Crippen LogP contribution in [0.2, 0.25) is 0 Å². The third kappa shape index (κ3) is 5.41. The lowest BCUT2D eigenvalue weighted by molar-refractivity contribution is -0.144. The van der Waals surface area contributed by atoms with Crippen LogP contribution in [0.5, 0.6) is 0 Å². The molecule has 0 amide bonds. The van der Waals surface area contributed by atoms with Gasteiger partial charge in [0.25, 0.3) is 0 Å². The molecule has 0 fully saturated rings. The van der Waals surface area contributed by atoms with Gasteiger partial charge in [-0.3, -0.25) is 14.5 Å². The van der Waals surface area contributed by atoms with E-state index in [1.165, 1.54) is 0 Å². The van der Waals surface area contributed by atoms with E-state index in [0.29, 0.717) is 12.2 Å². The number of esters is 1. The zero-order chi connectivity index (χ0) is 13.5. The summed E-state index contributed by atoms with van der Waals surface area (Å²) < 4.78 is 4.86. The highest BCUT2D eigenvalue weighted by atomic mass is 35.5. The van der Waals surface area contributed by atoms with Gasteiger partial charge in [-0.15, -0.1) is 12.4 Å².